The van der Waals surface area contributed by atoms with Crippen LogP contribution in [-0.2, 0) is 57.1 Å². The summed E-state index contributed by atoms with van der Waals surface area (Å²) < 4.78 is 73.0. The highest BCUT2D eigenvalue weighted by Gasteiger charge is 2.52. The predicted molar refractivity (Wildman–Crippen MR) is 332 cm³/mol. The molecule has 2 bridgehead atoms. The Kier molecular flexibility index (Phi) is 25.6. The van der Waals surface area contributed by atoms with E-state index in [1.807, 2.05) is 59.8 Å². The monoisotopic (exact) mass is 1400 g/mol. The Bertz CT molecular complexity index is 3000. The van der Waals surface area contributed by atoms with Gasteiger partial charge >= 0.3 is 5.97 Å². The van der Waals surface area contributed by atoms with Crippen LogP contribution in [-0.4, -0.2) is 212 Å². The molecule has 2 aliphatic carbocycles. The van der Waals surface area contributed by atoms with Gasteiger partial charge in [-0.05, 0) is 86.7 Å². The fraction of sp³-hybridized carbons (Fsp3) is 0.590. The van der Waals surface area contributed by atoms with Crippen molar-refractivity contribution in [1.29, 1.82) is 0 Å². The summed E-state index contributed by atoms with van der Waals surface area (Å²) in [6, 6.07) is 8.42. The molecule has 0 spiro atoms. The van der Waals surface area contributed by atoms with E-state index in [1.165, 1.54) is 62.2 Å². The quantitative estimate of drug-likeness (QED) is 0.0205. The van der Waals surface area contributed by atoms with Crippen molar-refractivity contribution in [2.75, 3.05) is 54.5 Å². The molecule has 88 heavy (non-hydrogen) atoms. The number of ketones is 1. The molecule has 7 N–H and O–H groups in total. The lowest BCUT2D eigenvalue weighted by Gasteiger charge is -2.46. The highest BCUT2D eigenvalue weighted by atomic mass is 127. The molecule has 2 aromatic rings. The van der Waals surface area contributed by atoms with Crippen LogP contribution in [0.2, 0.25) is 0 Å². The van der Waals surface area contributed by atoms with Gasteiger partial charge in [0.1, 0.15) is 36.6 Å². The van der Waals surface area contributed by atoms with Crippen LogP contribution in [0.5, 0.6) is 17.2 Å². The maximum Gasteiger partial charge on any atom is 0.310 e. The van der Waals surface area contributed by atoms with Crippen molar-refractivity contribution in [2.24, 2.45) is 0 Å². The number of aliphatic hydroxyl groups is 5. The van der Waals surface area contributed by atoms with E-state index in [2.05, 4.69) is 34.5 Å². The highest BCUT2D eigenvalue weighted by Crippen LogP contribution is 2.49. The van der Waals surface area contributed by atoms with Gasteiger partial charge in [-0.3, -0.25) is 19.2 Å². The van der Waals surface area contributed by atoms with Gasteiger partial charge in [-0.15, -0.1) is 0 Å². The largest absolute Gasteiger partial charge is 0.492 e. The van der Waals surface area contributed by atoms with Gasteiger partial charge in [0.05, 0.1) is 97.8 Å². The Morgan fingerprint density at radius 1 is 0.852 bits per heavy atom. The summed E-state index contributed by atoms with van der Waals surface area (Å²) in [5, 5.41) is 60.5. The Morgan fingerprint density at radius 2 is 1.58 bits per heavy atom. The average Bonchev–Trinajstić information content (AvgIpc) is 2.97. The van der Waals surface area contributed by atoms with E-state index in [0.717, 1.165) is 16.7 Å². The summed E-state index contributed by atoms with van der Waals surface area (Å²) in [5.41, 5.74) is 1.71. The Hall–Kier alpha value is -3.87. The Labute approximate surface area is 537 Å². The van der Waals surface area contributed by atoms with E-state index in [0.29, 0.717) is 21.4 Å². The minimum Gasteiger partial charge on any atom is -0.492 e. The minimum absolute atomic E-state index is 0.0117. The fourth-order valence-electron chi connectivity index (χ4n) is 11.2. The summed E-state index contributed by atoms with van der Waals surface area (Å²) in [5.74, 6) is 10.9. The van der Waals surface area contributed by atoms with Crippen molar-refractivity contribution in [2.45, 2.75) is 180 Å². The van der Waals surface area contributed by atoms with Crippen LogP contribution in [0, 0.1) is 34.2 Å². The number of fused-ring (bicyclic) bond motifs is 2. The number of rotatable bonds is 23. The third kappa shape index (κ3) is 16.1. The van der Waals surface area contributed by atoms with Gasteiger partial charge in [-0.1, -0.05) is 88.2 Å². The number of hydrogen-bond donors (Lipinski definition) is 7. The predicted octanol–water partition coefficient (Wildman–Crippen LogP) is 4.23. The van der Waals surface area contributed by atoms with Gasteiger partial charge in [0.2, 0.25) is 17.2 Å². The van der Waals surface area contributed by atoms with Crippen LogP contribution in [0.3, 0.4) is 0 Å². The molecular weight excluding hydrogens is 1320 g/mol. The summed E-state index contributed by atoms with van der Waals surface area (Å²) in [6.07, 6.45) is -13.1. The van der Waals surface area contributed by atoms with Crippen molar-refractivity contribution in [3.63, 3.8) is 0 Å². The zero-order chi connectivity index (χ0) is 63.6. The number of likely N-dealkylation sites (N-methyl/N-ethyl adjacent to an activating group) is 1. The van der Waals surface area contributed by atoms with E-state index in [9.17, 15) is 39.9 Å². The van der Waals surface area contributed by atoms with Crippen LogP contribution in [0.1, 0.15) is 69.3 Å². The number of nitrogens with one attached hydrogen (secondary N) is 2. The molecule has 2 aromatic carbocycles. The lowest BCUT2D eigenvalue weighted by Crippen LogP contribution is -2.65. The van der Waals surface area contributed by atoms with E-state index < -0.39 is 133 Å². The SMILES string of the molecule is CCN[C@H]1CO[C@@H](O[C@H]2[C@H](O[C@H]3C#C/C=C\C#C[C@]4(O)CC(=O)C(CC(=O)OC)=C3/C4=C\CSSc3ccccc3)O[C@H](C)[C@@H](NO[C@H]3C[C@H](O)[C@H](SC(=O)c4c(C)c(I)c(O[C@@H]5O[C@@H](C)[C@H](O)[C@@H](OC)[C@H]5O)c(OC)c4OC)[C@@H](C)O3)[C@@H]2O)C[C@@H]1OC. The number of aliphatic hydroxyl groups excluding tert-OH is 4. The highest BCUT2D eigenvalue weighted by molar-refractivity contribution is 14.1. The Morgan fingerprint density at radius 3 is 2.26 bits per heavy atom. The second-order valence-corrected chi connectivity index (χ2v) is 26.1. The molecule has 0 unspecified atom stereocenters. The van der Waals surface area contributed by atoms with E-state index >= 15 is 0 Å². The number of halogens is 1. The van der Waals surface area contributed by atoms with Crippen LogP contribution >= 0.6 is 55.9 Å². The molecule has 4 heterocycles. The first-order chi connectivity index (χ1) is 42.2. The smallest absolute Gasteiger partial charge is 0.310 e. The minimum atomic E-state index is -2.05. The number of carbonyl (C=O) groups is 3. The summed E-state index contributed by atoms with van der Waals surface area (Å²) in [4.78, 5) is 49.0. The van der Waals surface area contributed by atoms with Crippen molar-refractivity contribution in [1.82, 2.24) is 10.8 Å². The first-order valence-corrected chi connectivity index (χ1v) is 32.9. The lowest BCUT2D eigenvalue weighted by molar-refractivity contribution is -0.336. The van der Waals surface area contributed by atoms with Crippen LogP contribution in [0.4, 0.5) is 0 Å². The molecule has 0 amide bonds. The van der Waals surface area contributed by atoms with Gasteiger partial charge in [0, 0.05) is 54.4 Å². The molecule has 4 fully saturated rings. The molecule has 482 valence electrons. The third-order valence-corrected chi connectivity index (χ3v) is 20.7. The Balaban J connectivity index is 1.03. The first-order valence-electron chi connectivity index (χ1n) is 28.6. The van der Waals surface area contributed by atoms with Gasteiger partial charge in [-0.25, -0.2) is 0 Å². The van der Waals surface area contributed by atoms with E-state index in [1.54, 1.807) is 40.9 Å². The molecule has 8 rings (SSSR count). The summed E-state index contributed by atoms with van der Waals surface area (Å²) in [7, 11) is 9.84. The maximum atomic E-state index is 14.5. The number of methoxy groups -OCH3 is 5. The van der Waals surface area contributed by atoms with Crippen molar-refractivity contribution >= 4 is 72.8 Å². The number of ether oxygens (including phenoxy) is 12. The zero-order valence-electron chi connectivity index (χ0n) is 50.3. The van der Waals surface area contributed by atoms with Crippen molar-refractivity contribution < 1.29 is 102 Å². The zero-order valence-corrected chi connectivity index (χ0v) is 54.9. The molecule has 23 nitrogen and oxygen atoms in total. The van der Waals surface area contributed by atoms with Crippen LogP contribution < -0.4 is 25.0 Å². The number of allylic oxidation sites excluding steroid dienone is 2. The average molecular weight is 1400 g/mol. The van der Waals surface area contributed by atoms with Gasteiger partial charge in [-0.2, -0.15) is 5.48 Å². The maximum absolute atomic E-state index is 14.5. The van der Waals surface area contributed by atoms with E-state index in [4.69, 9.17) is 61.7 Å². The van der Waals surface area contributed by atoms with Crippen LogP contribution in [0.15, 0.2) is 70.2 Å². The lowest BCUT2D eigenvalue weighted by atomic mass is 9.72. The fourth-order valence-corrected chi connectivity index (χ4v) is 14.8. The summed E-state index contributed by atoms with van der Waals surface area (Å²) >= 11 is 2.83. The normalized spacial score (nSPS) is 34.8. The molecular formula is C61H77IN2O21S3. The summed E-state index contributed by atoms with van der Waals surface area (Å²) in [6.45, 7) is 9.44. The second-order valence-electron chi connectivity index (χ2n) is 21.5. The number of esters is 1. The van der Waals surface area contributed by atoms with Gasteiger partial charge < -0.3 is 87.7 Å². The van der Waals surface area contributed by atoms with Crippen molar-refractivity contribution in [3.05, 3.63) is 80.0 Å². The first kappa shape index (κ1) is 70.0. The number of Topliss-reactive ketones (excluding diaryl/α,β-unsaturated/α-hetero) is 1. The number of thioether (sulfide) groups is 1. The van der Waals surface area contributed by atoms with Gasteiger partial charge in [0.25, 0.3) is 0 Å². The van der Waals surface area contributed by atoms with Gasteiger partial charge in [0.15, 0.2) is 41.8 Å². The number of hydrogen-bond acceptors (Lipinski definition) is 26. The molecule has 0 aromatic heterocycles. The molecule has 0 radical (unpaired) electrons. The second kappa shape index (κ2) is 32.1. The molecule has 0 saturated carbocycles. The van der Waals surface area contributed by atoms with Crippen LogP contribution in [0.25, 0.3) is 0 Å². The molecule has 4 aliphatic heterocycles. The van der Waals surface area contributed by atoms with Crippen molar-refractivity contribution in [3.8, 4) is 40.9 Å². The molecule has 27 heteroatoms. The third-order valence-electron chi connectivity index (χ3n) is 15.8. The standard InChI is InChI=1S/C61H77IN2O21S3/c1-11-63-37-29-78-43(27-41(37)73-6)83-55-50(69)48(31(3)80-60(55)82-40-21-17-12-13-18-23-61(72)28-39(66)35(25-42(67)74-7)46(40)36(61)22-24-86-88-34-19-15-14-16-20-34)64-85-44-26-38(65)57(33(5)79-44)87-58(71)45-30(2)47(62)53(56(77-10)52(45)75-8)84-59-51(70)54(76-9)49(68)32(4)81-59/h12-16,19-20,22,31-33,37-38,40-41,43-44,48-51,54-55,57,59-60,63-65,68-70,72H,11,24-29H2,1-10H3/b13-12-,36-22+/t31-,32+,33-,37+,38+,40+,41+,43+,44+,48-,49+,50+,51-,54-,55-,57-,59+,60+,61+/m1/s1. The topological polar surface area (TPSA) is 296 Å². The number of benzene rings is 2. The molecule has 19 atom stereocenters. The number of carbonyl (C=O) groups excluding carboxylic acids is 3. The number of hydroxylamine groups is 1. The molecule has 6 aliphatic rings. The molecule has 4 saturated heterocycles. The van der Waals surface area contributed by atoms with E-state index in [-0.39, 0.29) is 71.1 Å².